The number of unbranched alkanes of at least 4 members (excludes halogenated alkanes) is 8. The quantitative estimate of drug-likeness (QED) is 0.243. The lowest BCUT2D eigenvalue weighted by Gasteiger charge is -2.18. The number of hydrogen-bond donors (Lipinski definition) is 3. The fourth-order valence-electron chi connectivity index (χ4n) is 3.16. The molecule has 0 fully saturated rings. The summed E-state index contributed by atoms with van der Waals surface area (Å²) in [6.45, 7) is 7.06. The lowest BCUT2D eigenvalue weighted by Crippen LogP contribution is -2.41. The molecule has 27 heavy (non-hydrogen) atoms. The molecule has 1 aromatic rings. The third kappa shape index (κ3) is 12.6. The van der Waals surface area contributed by atoms with E-state index in [1.807, 2.05) is 6.92 Å². The molecular formula is C20H39N5OS. The van der Waals surface area contributed by atoms with Crippen LogP contribution in [0.1, 0.15) is 96.7 Å². The van der Waals surface area contributed by atoms with Crippen LogP contribution in [0.2, 0.25) is 0 Å². The molecule has 0 radical (unpaired) electrons. The molecule has 0 spiro atoms. The molecule has 1 heterocycles. The number of aromatic nitrogens is 2. The Kier molecular flexibility index (Phi) is 13.7. The summed E-state index contributed by atoms with van der Waals surface area (Å²) in [5.74, 6) is 1.28. The van der Waals surface area contributed by atoms with Crippen LogP contribution in [0.3, 0.4) is 0 Å². The van der Waals surface area contributed by atoms with Gasteiger partial charge in [0.2, 0.25) is 5.13 Å². The normalized spacial score (nSPS) is 12.0. The Labute approximate surface area is 169 Å². The van der Waals surface area contributed by atoms with Gasteiger partial charge in [-0.25, -0.2) is 15.2 Å². The van der Waals surface area contributed by atoms with Crippen molar-refractivity contribution in [3.63, 3.8) is 0 Å². The summed E-state index contributed by atoms with van der Waals surface area (Å²) in [5, 5.41) is 3.61. The standard InChI is InChI=1S/C20H39N5OS/c1-4-6-8-10-11-13-15-18(14-12-9-7-5-2)16-21-19(26)23-24-20-22-17(3)25-27-20/h18H,4-16H2,1-3H3,(H2,21,23,26)(H,22,24,25). The van der Waals surface area contributed by atoms with Crippen LogP contribution in [0.25, 0.3) is 0 Å². The maximum absolute atomic E-state index is 12.0. The van der Waals surface area contributed by atoms with Crippen molar-refractivity contribution in [1.82, 2.24) is 20.1 Å². The van der Waals surface area contributed by atoms with Crippen molar-refractivity contribution in [3.8, 4) is 0 Å². The Morgan fingerprint density at radius 2 is 1.56 bits per heavy atom. The number of carbonyl (C=O) groups excluding carboxylic acids is 1. The molecule has 0 aliphatic rings. The molecule has 2 amide bonds. The van der Waals surface area contributed by atoms with Crippen LogP contribution in [0.15, 0.2) is 0 Å². The topological polar surface area (TPSA) is 78.9 Å². The summed E-state index contributed by atoms with van der Waals surface area (Å²) in [5.41, 5.74) is 5.45. The second-order valence-electron chi connectivity index (χ2n) is 7.38. The highest BCUT2D eigenvalue weighted by Crippen LogP contribution is 2.18. The van der Waals surface area contributed by atoms with Gasteiger partial charge in [-0.15, -0.1) is 0 Å². The molecule has 0 saturated carbocycles. The number of anilines is 1. The van der Waals surface area contributed by atoms with E-state index in [-0.39, 0.29) is 6.03 Å². The van der Waals surface area contributed by atoms with Crippen molar-refractivity contribution < 1.29 is 4.79 Å². The third-order valence-corrected chi connectivity index (χ3v) is 5.52. The number of rotatable bonds is 16. The Morgan fingerprint density at radius 3 is 2.15 bits per heavy atom. The lowest BCUT2D eigenvalue weighted by atomic mass is 9.94. The van der Waals surface area contributed by atoms with Crippen LogP contribution in [0.4, 0.5) is 9.93 Å². The number of urea groups is 1. The monoisotopic (exact) mass is 397 g/mol. The summed E-state index contributed by atoms with van der Waals surface area (Å²) >= 11 is 1.24. The molecule has 0 aromatic carbocycles. The van der Waals surface area contributed by atoms with Crippen molar-refractivity contribution in [1.29, 1.82) is 0 Å². The average molecular weight is 398 g/mol. The van der Waals surface area contributed by atoms with E-state index in [2.05, 4.69) is 39.4 Å². The summed E-state index contributed by atoms with van der Waals surface area (Å²) in [4.78, 5) is 16.2. The molecule has 0 aliphatic carbocycles. The minimum absolute atomic E-state index is 0.204. The Hall–Kier alpha value is -1.37. The van der Waals surface area contributed by atoms with Gasteiger partial charge < -0.3 is 5.32 Å². The maximum Gasteiger partial charge on any atom is 0.333 e. The highest BCUT2D eigenvalue weighted by Gasteiger charge is 2.11. The molecule has 1 rings (SSSR count). The van der Waals surface area contributed by atoms with Crippen LogP contribution < -0.4 is 16.2 Å². The van der Waals surface area contributed by atoms with Crippen LogP contribution in [-0.2, 0) is 0 Å². The van der Waals surface area contributed by atoms with E-state index in [1.54, 1.807) is 0 Å². The fourth-order valence-corrected chi connectivity index (χ4v) is 3.69. The number of hydrazine groups is 1. The van der Waals surface area contributed by atoms with Gasteiger partial charge in [0.25, 0.3) is 0 Å². The number of hydrogen-bond acceptors (Lipinski definition) is 5. The third-order valence-electron chi connectivity index (χ3n) is 4.79. The van der Waals surface area contributed by atoms with E-state index < -0.39 is 0 Å². The van der Waals surface area contributed by atoms with Gasteiger partial charge in [-0.2, -0.15) is 4.37 Å². The van der Waals surface area contributed by atoms with E-state index in [4.69, 9.17) is 0 Å². The Morgan fingerprint density at radius 1 is 0.963 bits per heavy atom. The van der Waals surface area contributed by atoms with Crippen molar-refractivity contribution in [3.05, 3.63) is 5.82 Å². The molecule has 7 heteroatoms. The largest absolute Gasteiger partial charge is 0.336 e. The second kappa shape index (κ2) is 15.7. The molecule has 1 aromatic heterocycles. The SMILES string of the molecule is CCCCCCCCC(CCCCCC)CNC(=O)NNc1nc(C)ns1. The predicted molar refractivity (Wildman–Crippen MR) is 115 cm³/mol. The second-order valence-corrected chi connectivity index (χ2v) is 8.13. The van der Waals surface area contributed by atoms with Crippen molar-refractivity contribution in [2.75, 3.05) is 12.0 Å². The number of nitrogens with zero attached hydrogens (tertiary/aromatic N) is 2. The van der Waals surface area contributed by atoms with Crippen LogP contribution >= 0.6 is 11.5 Å². The molecule has 0 saturated heterocycles. The molecule has 1 atom stereocenters. The van der Waals surface area contributed by atoms with Crippen LogP contribution in [0.5, 0.6) is 0 Å². The van der Waals surface area contributed by atoms with Gasteiger partial charge in [0, 0.05) is 18.1 Å². The molecule has 156 valence electrons. The number of carbonyl (C=O) groups is 1. The van der Waals surface area contributed by atoms with Crippen molar-refractivity contribution in [2.45, 2.75) is 97.8 Å². The first kappa shape index (κ1) is 23.7. The smallest absolute Gasteiger partial charge is 0.333 e. The van der Waals surface area contributed by atoms with Crippen molar-refractivity contribution in [2.24, 2.45) is 5.92 Å². The van der Waals surface area contributed by atoms with Crippen LogP contribution in [-0.4, -0.2) is 21.9 Å². The summed E-state index contributed by atoms with van der Waals surface area (Å²) in [6.07, 6.45) is 15.5. The van der Waals surface area contributed by atoms with Gasteiger partial charge in [0.05, 0.1) is 0 Å². The van der Waals surface area contributed by atoms with Gasteiger partial charge >= 0.3 is 6.03 Å². The van der Waals surface area contributed by atoms with Gasteiger partial charge in [0.15, 0.2) is 0 Å². The molecule has 1 unspecified atom stereocenters. The maximum atomic E-state index is 12.0. The molecule has 0 aliphatic heterocycles. The summed E-state index contributed by atoms with van der Waals surface area (Å²) in [6, 6.07) is -0.204. The number of amides is 2. The Balaban J connectivity index is 2.24. The summed E-state index contributed by atoms with van der Waals surface area (Å²) in [7, 11) is 0. The van der Waals surface area contributed by atoms with Gasteiger partial charge in [0.1, 0.15) is 5.82 Å². The highest BCUT2D eigenvalue weighted by atomic mass is 32.1. The molecule has 0 bridgehead atoms. The summed E-state index contributed by atoms with van der Waals surface area (Å²) < 4.78 is 4.07. The minimum Gasteiger partial charge on any atom is -0.336 e. The van der Waals surface area contributed by atoms with Crippen molar-refractivity contribution >= 4 is 22.7 Å². The first-order valence-corrected chi connectivity index (χ1v) is 11.5. The zero-order chi connectivity index (χ0) is 19.7. The molecule has 3 N–H and O–H groups in total. The first-order valence-electron chi connectivity index (χ1n) is 10.8. The van der Waals surface area contributed by atoms with E-state index in [1.165, 1.54) is 88.6 Å². The van der Waals surface area contributed by atoms with Gasteiger partial charge in [-0.05, 0) is 25.7 Å². The zero-order valence-electron chi connectivity index (χ0n) is 17.5. The lowest BCUT2D eigenvalue weighted by molar-refractivity contribution is 0.239. The average Bonchev–Trinajstić information content (AvgIpc) is 3.08. The first-order chi connectivity index (χ1) is 13.2. The minimum atomic E-state index is -0.204. The van der Waals surface area contributed by atoms with E-state index >= 15 is 0 Å². The van der Waals surface area contributed by atoms with Gasteiger partial charge in [-0.3, -0.25) is 5.43 Å². The predicted octanol–water partition coefficient (Wildman–Crippen LogP) is 5.81. The van der Waals surface area contributed by atoms with Crippen LogP contribution in [0, 0.1) is 12.8 Å². The number of nitrogens with one attached hydrogen (secondary N) is 3. The Bertz CT molecular complexity index is 494. The van der Waals surface area contributed by atoms with Gasteiger partial charge in [-0.1, -0.05) is 78.1 Å². The fraction of sp³-hybridized carbons (Fsp3) is 0.850. The highest BCUT2D eigenvalue weighted by molar-refractivity contribution is 7.09. The van der Waals surface area contributed by atoms with E-state index in [9.17, 15) is 4.79 Å². The van der Waals surface area contributed by atoms with E-state index in [0.29, 0.717) is 16.9 Å². The zero-order valence-corrected chi connectivity index (χ0v) is 18.3. The van der Waals surface area contributed by atoms with E-state index in [0.717, 1.165) is 6.54 Å². The molecule has 6 nitrogen and oxygen atoms in total. The molecular weight excluding hydrogens is 358 g/mol. The number of aryl methyl sites for hydroxylation is 1.